The van der Waals surface area contributed by atoms with Crippen LogP contribution in [0.3, 0.4) is 0 Å². The first-order valence-electron chi connectivity index (χ1n) is 9.62. The number of hydrogen-bond donors (Lipinski definition) is 3. The van der Waals surface area contributed by atoms with E-state index in [1.807, 2.05) is 4.90 Å². The number of aromatic amines is 1. The van der Waals surface area contributed by atoms with Gasteiger partial charge in [0.2, 0.25) is 5.43 Å². The third-order valence-electron chi connectivity index (χ3n) is 5.78. The van der Waals surface area contributed by atoms with Crippen molar-refractivity contribution in [2.75, 3.05) is 24.4 Å². The van der Waals surface area contributed by atoms with Crippen LogP contribution >= 0.6 is 0 Å². The van der Waals surface area contributed by atoms with E-state index in [0.29, 0.717) is 24.4 Å². The summed E-state index contributed by atoms with van der Waals surface area (Å²) in [4.78, 5) is 26.2. The molecule has 9 nitrogen and oxygen atoms in total. The number of rotatable bonds is 5. The highest BCUT2D eigenvalue weighted by Crippen LogP contribution is 2.45. The predicted octanol–water partition coefficient (Wildman–Crippen LogP) is 2.47. The van der Waals surface area contributed by atoms with E-state index in [9.17, 15) is 14.7 Å². The first-order chi connectivity index (χ1) is 14.4. The van der Waals surface area contributed by atoms with Gasteiger partial charge in [-0.05, 0) is 18.9 Å². The van der Waals surface area contributed by atoms with Crippen LogP contribution in [-0.4, -0.2) is 40.0 Å². The molecule has 3 aromatic rings. The second-order valence-electron chi connectivity index (χ2n) is 7.59. The molecule has 2 aromatic heterocycles. The summed E-state index contributed by atoms with van der Waals surface area (Å²) < 4.78 is 22.7. The third-order valence-corrected chi connectivity index (χ3v) is 5.78. The number of aromatic nitrogens is 3. The second-order valence-corrected chi connectivity index (χ2v) is 7.59. The van der Waals surface area contributed by atoms with Gasteiger partial charge < -0.3 is 24.6 Å². The molecule has 30 heavy (non-hydrogen) atoms. The molecule has 0 unspecified atom stereocenters. The molecule has 3 N–H and O–H groups in total. The summed E-state index contributed by atoms with van der Waals surface area (Å²) in [5.41, 5.74) is 1.40. The van der Waals surface area contributed by atoms with Gasteiger partial charge in [-0.1, -0.05) is 0 Å². The van der Waals surface area contributed by atoms with Crippen LogP contribution in [0.15, 0.2) is 17.1 Å². The highest BCUT2D eigenvalue weighted by atomic mass is 19.1. The van der Waals surface area contributed by atoms with E-state index in [1.54, 1.807) is 11.6 Å². The number of ether oxygens (including phenoxy) is 1. The van der Waals surface area contributed by atoms with Crippen LogP contribution in [-0.2, 0) is 13.1 Å². The van der Waals surface area contributed by atoms with Crippen LogP contribution in [0.1, 0.15) is 40.5 Å². The number of anilines is 2. The average molecular weight is 413 g/mol. The minimum absolute atomic E-state index is 0.00944. The zero-order valence-corrected chi connectivity index (χ0v) is 16.5. The molecule has 0 radical (unpaired) electrons. The van der Waals surface area contributed by atoms with E-state index >= 15 is 4.39 Å². The number of fused-ring (bicyclic) bond motifs is 2. The molecule has 0 amide bonds. The molecule has 3 heterocycles. The minimum Gasteiger partial charge on any atom is -0.492 e. The van der Waals surface area contributed by atoms with E-state index in [0.717, 1.165) is 30.2 Å². The lowest BCUT2D eigenvalue weighted by Gasteiger charge is -2.24. The molecule has 1 fully saturated rings. The van der Waals surface area contributed by atoms with E-state index < -0.39 is 17.2 Å². The normalized spacial score (nSPS) is 15.5. The van der Waals surface area contributed by atoms with Gasteiger partial charge in [-0.2, -0.15) is 5.10 Å². The first-order valence-corrected chi connectivity index (χ1v) is 9.62. The molecule has 156 valence electrons. The topological polar surface area (TPSA) is 112 Å². The van der Waals surface area contributed by atoms with Crippen LogP contribution in [0, 0.1) is 5.82 Å². The summed E-state index contributed by atoms with van der Waals surface area (Å²) in [6.07, 6.45) is 3.07. The Morgan fingerprint density at radius 3 is 2.80 bits per heavy atom. The Balaban J connectivity index is 1.75. The van der Waals surface area contributed by atoms with Crippen molar-refractivity contribution in [2.45, 2.75) is 32.0 Å². The second kappa shape index (κ2) is 6.48. The van der Waals surface area contributed by atoms with Gasteiger partial charge in [-0.15, -0.1) is 0 Å². The molecule has 1 aromatic carbocycles. The van der Waals surface area contributed by atoms with Gasteiger partial charge in [0.25, 0.3) is 0 Å². The number of methoxy groups -OCH3 is 1. The van der Waals surface area contributed by atoms with Gasteiger partial charge in [0.1, 0.15) is 11.3 Å². The zero-order chi connectivity index (χ0) is 21.2. The van der Waals surface area contributed by atoms with Crippen LogP contribution in [0.25, 0.3) is 10.9 Å². The Morgan fingerprint density at radius 1 is 1.40 bits per heavy atom. The summed E-state index contributed by atoms with van der Waals surface area (Å²) in [5, 5.41) is 19.6. The Labute approximate surface area is 170 Å². The maximum absolute atomic E-state index is 15.3. The number of carbonyl (C=O) groups is 1. The Bertz CT molecular complexity index is 1260. The molecule has 1 aliphatic carbocycles. The predicted molar refractivity (Wildman–Crippen MR) is 108 cm³/mol. The van der Waals surface area contributed by atoms with Crippen LogP contribution in [0.4, 0.5) is 15.9 Å². The van der Waals surface area contributed by atoms with E-state index in [4.69, 9.17) is 4.74 Å². The van der Waals surface area contributed by atoms with E-state index in [1.165, 1.54) is 13.3 Å². The smallest absolute Gasteiger partial charge is 0.341 e. The van der Waals surface area contributed by atoms with Crippen molar-refractivity contribution in [3.63, 3.8) is 0 Å². The summed E-state index contributed by atoms with van der Waals surface area (Å²) >= 11 is 0. The van der Waals surface area contributed by atoms with Gasteiger partial charge in [-0.3, -0.25) is 9.89 Å². The van der Waals surface area contributed by atoms with Crippen LogP contribution < -0.4 is 20.4 Å². The van der Waals surface area contributed by atoms with Crippen LogP contribution in [0.5, 0.6) is 5.75 Å². The third kappa shape index (κ3) is 2.56. The van der Waals surface area contributed by atoms with Crippen molar-refractivity contribution >= 4 is 28.4 Å². The number of nitrogens with one attached hydrogen (secondary N) is 2. The van der Waals surface area contributed by atoms with Crippen molar-refractivity contribution in [1.29, 1.82) is 0 Å². The summed E-state index contributed by atoms with van der Waals surface area (Å²) in [7, 11) is 3.20. The number of nitrogens with zero attached hydrogens (tertiary/aromatic N) is 3. The number of H-pyrrole nitrogens is 1. The molecular weight excluding hydrogens is 393 g/mol. The summed E-state index contributed by atoms with van der Waals surface area (Å²) in [5.74, 6) is -1.03. The highest BCUT2D eigenvalue weighted by Gasteiger charge is 2.33. The van der Waals surface area contributed by atoms with Crippen molar-refractivity contribution in [3.05, 3.63) is 45.1 Å². The van der Waals surface area contributed by atoms with Gasteiger partial charge in [-0.25, -0.2) is 9.18 Å². The minimum atomic E-state index is -1.33. The molecule has 1 saturated carbocycles. The molecule has 5 rings (SSSR count). The van der Waals surface area contributed by atoms with E-state index in [2.05, 4.69) is 15.5 Å². The number of hydrogen-bond acceptors (Lipinski definition) is 6. The van der Waals surface area contributed by atoms with Crippen molar-refractivity contribution in [2.24, 2.45) is 0 Å². The lowest BCUT2D eigenvalue weighted by atomic mass is 10.1. The number of carboxylic acid groups (broad SMARTS) is 1. The van der Waals surface area contributed by atoms with E-state index in [-0.39, 0.29) is 28.4 Å². The highest BCUT2D eigenvalue weighted by molar-refractivity contribution is 5.97. The van der Waals surface area contributed by atoms with Crippen LogP contribution in [0.2, 0.25) is 0 Å². The molecule has 0 atom stereocenters. The fraction of sp³-hybridized carbons (Fsp3) is 0.350. The standard InChI is InChI=1S/C20H20FN5O4/c1-22-19-11-6-25(8-14(11)23-24-19)16-13(21)5-10-15(18(16)30-2)26(9-3-4-9)7-12(17(10)27)20(28)29/h5,7,9H,3-4,6,8H2,1-2H3,(H,28,29)(H2,22,23,24). The van der Waals surface area contributed by atoms with Gasteiger partial charge in [0, 0.05) is 31.4 Å². The summed E-state index contributed by atoms with van der Waals surface area (Å²) in [6.45, 7) is 0.825. The first kappa shape index (κ1) is 18.5. The van der Waals surface area contributed by atoms with Crippen molar-refractivity contribution in [3.8, 4) is 5.75 Å². The number of halogens is 1. The average Bonchev–Trinajstić information content (AvgIpc) is 3.36. The lowest BCUT2D eigenvalue weighted by Crippen LogP contribution is -2.22. The molecule has 1 aliphatic heterocycles. The van der Waals surface area contributed by atoms with Crippen molar-refractivity contribution in [1.82, 2.24) is 14.8 Å². The number of aromatic carboxylic acids is 1. The molecule has 0 saturated heterocycles. The number of pyridine rings is 1. The Kier molecular flexibility index (Phi) is 3.99. The van der Waals surface area contributed by atoms with Gasteiger partial charge in [0.05, 0.1) is 30.3 Å². The Morgan fingerprint density at radius 2 is 2.17 bits per heavy atom. The monoisotopic (exact) mass is 413 g/mol. The Hall–Kier alpha value is -3.56. The van der Waals surface area contributed by atoms with Gasteiger partial charge >= 0.3 is 5.97 Å². The number of benzene rings is 1. The molecule has 10 heteroatoms. The molecular formula is C20H20FN5O4. The molecule has 0 bridgehead atoms. The fourth-order valence-electron chi connectivity index (χ4n) is 4.23. The fourth-order valence-corrected chi connectivity index (χ4v) is 4.23. The summed E-state index contributed by atoms with van der Waals surface area (Å²) in [6, 6.07) is 1.19. The zero-order valence-electron chi connectivity index (χ0n) is 16.5. The maximum Gasteiger partial charge on any atom is 0.341 e. The molecule has 2 aliphatic rings. The quantitative estimate of drug-likeness (QED) is 0.589. The SMILES string of the molecule is CNc1n[nH]c2c1CN(c1c(F)cc3c(=O)c(C(=O)O)cn(C4CC4)c3c1OC)C2. The van der Waals surface area contributed by atoms with Gasteiger partial charge in [0.15, 0.2) is 17.4 Å². The van der Waals surface area contributed by atoms with Crippen molar-refractivity contribution < 1.29 is 19.0 Å². The lowest BCUT2D eigenvalue weighted by molar-refractivity contribution is 0.0695. The molecule has 0 spiro atoms. The maximum atomic E-state index is 15.3. The number of carboxylic acids is 1. The largest absolute Gasteiger partial charge is 0.492 e.